The topological polar surface area (TPSA) is 35.0 Å². The fraction of sp³-hybridized carbons (Fsp3) is 0.400. The van der Waals surface area contributed by atoms with Crippen LogP contribution in [0.5, 0.6) is 0 Å². The summed E-state index contributed by atoms with van der Waals surface area (Å²) in [6.07, 6.45) is 3.87. The van der Waals surface area contributed by atoms with E-state index in [1.807, 2.05) is 18.4 Å². The molecule has 3 aromatic rings. The summed E-state index contributed by atoms with van der Waals surface area (Å²) < 4.78 is 19.3. The van der Waals surface area contributed by atoms with Crippen LogP contribution >= 0.6 is 34.9 Å². The first-order chi connectivity index (χ1) is 13.0. The second-order valence-corrected chi connectivity index (χ2v) is 9.70. The zero-order valence-corrected chi connectivity index (χ0v) is 18.0. The maximum Gasteiger partial charge on any atom is 0.189 e. The lowest BCUT2D eigenvalue weighted by molar-refractivity contribution is -0.0543. The summed E-state index contributed by atoms with van der Waals surface area (Å²) in [7, 11) is 0. The van der Waals surface area contributed by atoms with Gasteiger partial charge in [-0.05, 0) is 42.9 Å². The lowest BCUT2D eigenvalue weighted by atomic mass is 9.90. The predicted molar refractivity (Wildman–Crippen MR) is 112 cm³/mol. The van der Waals surface area contributed by atoms with Crippen molar-refractivity contribution in [3.63, 3.8) is 0 Å². The third-order valence-electron chi connectivity index (χ3n) is 5.00. The number of ether oxygens (including phenoxy) is 1. The molecule has 1 aliphatic heterocycles. The number of fused-ring (bicyclic) bond motifs is 3. The number of rotatable bonds is 5. The average Bonchev–Trinajstić information content (AvgIpc) is 3.04. The van der Waals surface area contributed by atoms with E-state index in [0.717, 1.165) is 39.2 Å². The molecule has 0 amide bonds. The Kier molecular flexibility index (Phi) is 5.47. The van der Waals surface area contributed by atoms with Crippen molar-refractivity contribution in [2.24, 2.45) is 0 Å². The van der Waals surface area contributed by atoms with Gasteiger partial charge in [-0.2, -0.15) is 0 Å². The molecule has 0 bridgehead atoms. The molecule has 1 unspecified atom stereocenters. The van der Waals surface area contributed by atoms with Gasteiger partial charge >= 0.3 is 0 Å². The Labute approximate surface area is 171 Å². The number of nitrogens with zero attached hydrogens (tertiary/aromatic N) is 2. The van der Waals surface area contributed by atoms with Gasteiger partial charge in [0.15, 0.2) is 5.16 Å². The maximum absolute atomic E-state index is 13.2. The number of hydrogen-bond acceptors (Lipinski definition) is 6. The Balaban J connectivity index is 1.74. The van der Waals surface area contributed by atoms with Crippen LogP contribution in [-0.2, 0) is 23.5 Å². The Morgan fingerprint density at radius 2 is 2.04 bits per heavy atom. The minimum atomic E-state index is -0.205. The van der Waals surface area contributed by atoms with E-state index in [4.69, 9.17) is 14.7 Å². The van der Waals surface area contributed by atoms with Crippen LogP contribution in [0.2, 0.25) is 0 Å². The van der Waals surface area contributed by atoms with Gasteiger partial charge in [-0.15, -0.1) is 23.1 Å². The van der Waals surface area contributed by atoms with Gasteiger partial charge in [0, 0.05) is 22.4 Å². The molecule has 0 radical (unpaired) electrons. The van der Waals surface area contributed by atoms with E-state index in [1.165, 1.54) is 28.0 Å². The number of aromatic nitrogens is 2. The van der Waals surface area contributed by atoms with Crippen LogP contribution in [0.3, 0.4) is 0 Å². The molecule has 0 spiro atoms. The third kappa shape index (κ3) is 3.88. The van der Waals surface area contributed by atoms with E-state index in [0.29, 0.717) is 6.61 Å². The second-order valence-electron chi connectivity index (χ2n) is 6.88. The molecule has 0 aliphatic carbocycles. The van der Waals surface area contributed by atoms with Gasteiger partial charge in [-0.3, -0.25) is 0 Å². The number of thiophene rings is 1. The molecule has 4 rings (SSSR count). The first-order valence-corrected chi connectivity index (χ1v) is 11.9. The normalized spacial score (nSPS) is 19.4. The maximum atomic E-state index is 13.2. The van der Waals surface area contributed by atoms with Crippen molar-refractivity contribution >= 4 is 45.1 Å². The lowest BCUT2D eigenvalue weighted by Gasteiger charge is -2.33. The summed E-state index contributed by atoms with van der Waals surface area (Å²) in [5.41, 5.74) is 2.31. The number of benzene rings is 1. The summed E-state index contributed by atoms with van der Waals surface area (Å²) in [6, 6.07) is 6.69. The molecule has 0 saturated carbocycles. The van der Waals surface area contributed by atoms with Crippen LogP contribution in [0.4, 0.5) is 4.39 Å². The van der Waals surface area contributed by atoms with Gasteiger partial charge in [0.1, 0.15) is 15.7 Å². The van der Waals surface area contributed by atoms with Crippen molar-refractivity contribution in [2.75, 3.05) is 6.26 Å². The monoisotopic (exact) mass is 420 g/mol. The van der Waals surface area contributed by atoms with Crippen molar-refractivity contribution in [1.29, 1.82) is 0 Å². The Morgan fingerprint density at radius 3 is 2.74 bits per heavy atom. The molecule has 0 saturated heterocycles. The van der Waals surface area contributed by atoms with Crippen LogP contribution in [0.1, 0.15) is 36.3 Å². The largest absolute Gasteiger partial charge is 0.369 e. The van der Waals surface area contributed by atoms with E-state index < -0.39 is 0 Å². The highest BCUT2D eigenvalue weighted by Crippen LogP contribution is 2.43. The van der Waals surface area contributed by atoms with E-state index in [-0.39, 0.29) is 11.4 Å². The number of hydrogen-bond donors (Lipinski definition) is 0. The molecular weight excluding hydrogens is 399 g/mol. The molecule has 1 aromatic carbocycles. The van der Waals surface area contributed by atoms with Gasteiger partial charge in [0.25, 0.3) is 0 Å². The zero-order chi connectivity index (χ0) is 19.0. The first kappa shape index (κ1) is 19.2. The number of halogens is 1. The summed E-state index contributed by atoms with van der Waals surface area (Å²) in [4.78, 5) is 11.9. The summed E-state index contributed by atoms with van der Waals surface area (Å²) in [5.74, 6) is 0.551. The minimum Gasteiger partial charge on any atom is -0.369 e. The summed E-state index contributed by atoms with van der Waals surface area (Å²) in [5, 5.41) is 3.00. The predicted octanol–water partition coefficient (Wildman–Crippen LogP) is 6.09. The van der Waals surface area contributed by atoms with E-state index in [2.05, 4.69) is 13.8 Å². The highest BCUT2D eigenvalue weighted by atomic mass is 32.2. The quantitative estimate of drug-likeness (QED) is 0.284. The average molecular weight is 421 g/mol. The molecule has 0 fully saturated rings. The molecule has 2 aromatic heterocycles. The molecule has 1 atom stereocenters. The molecule has 0 N–H and O–H groups in total. The van der Waals surface area contributed by atoms with Gasteiger partial charge in [-0.25, -0.2) is 14.4 Å². The third-order valence-corrected chi connectivity index (χ3v) is 7.70. The first-order valence-electron chi connectivity index (χ1n) is 8.89. The lowest BCUT2D eigenvalue weighted by Crippen LogP contribution is -2.33. The zero-order valence-electron chi connectivity index (χ0n) is 15.5. The van der Waals surface area contributed by atoms with Crippen molar-refractivity contribution in [1.82, 2.24) is 9.97 Å². The molecule has 3 nitrogen and oxygen atoms in total. The molecule has 7 heteroatoms. The van der Waals surface area contributed by atoms with Crippen LogP contribution in [0.15, 0.2) is 34.4 Å². The highest BCUT2D eigenvalue weighted by molar-refractivity contribution is 7.99. The van der Waals surface area contributed by atoms with Gasteiger partial charge in [0.2, 0.25) is 0 Å². The smallest absolute Gasteiger partial charge is 0.189 e. The Morgan fingerprint density at radius 1 is 1.26 bits per heavy atom. The summed E-state index contributed by atoms with van der Waals surface area (Å²) >= 11 is 4.99. The van der Waals surface area contributed by atoms with Gasteiger partial charge < -0.3 is 4.74 Å². The van der Waals surface area contributed by atoms with Crippen molar-refractivity contribution < 1.29 is 9.13 Å². The molecule has 142 valence electrons. The van der Waals surface area contributed by atoms with Gasteiger partial charge in [-0.1, -0.05) is 30.8 Å². The van der Waals surface area contributed by atoms with Crippen LogP contribution in [-0.4, -0.2) is 21.8 Å². The van der Waals surface area contributed by atoms with E-state index >= 15 is 0 Å². The Bertz CT molecular complexity index is 974. The molecular formula is C20H21FN2OS3. The minimum absolute atomic E-state index is 0.127. The molecule has 3 heterocycles. The number of thioether (sulfide) groups is 2. The molecule has 27 heavy (non-hydrogen) atoms. The molecule has 1 aliphatic rings. The fourth-order valence-corrected chi connectivity index (χ4v) is 5.83. The van der Waals surface area contributed by atoms with E-state index in [9.17, 15) is 4.39 Å². The van der Waals surface area contributed by atoms with Crippen LogP contribution in [0.25, 0.3) is 10.2 Å². The SMILES string of the molecule is CCC1(C)Cc2c(sc3nc(SC)nc(SCc4ccc(F)cc4)c23)CO1. The standard InChI is InChI=1S/C20H21FN2OS3/c1-4-20(2)9-14-15(10-24-20)27-18-16(14)17(22-19(23-18)25-3)26-11-12-5-7-13(21)8-6-12/h5-8H,4,9-11H2,1-3H3. The highest BCUT2D eigenvalue weighted by Gasteiger charge is 2.33. The van der Waals surface area contributed by atoms with Crippen molar-refractivity contribution in [2.45, 2.75) is 54.8 Å². The second kappa shape index (κ2) is 7.70. The Hall–Kier alpha value is -1.15. The summed E-state index contributed by atoms with van der Waals surface area (Å²) in [6.45, 7) is 5.01. The van der Waals surface area contributed by atoms with Crippen LogP contribution < -0.4 is 0 Å². The van der Waals surface area contributed by atoms with Crippen molar-refractivity contribution in [3.8, 4) is 0 Å². The van der Waals surface area contributed by atoms with E-state index in [1.54, 1.807) is 34.9 Å². The fourth-order valence-electron chi connectivity index (χ4n) is 3.18. The van der Waals surface area contributed by atoms with Gasteiger partial charge in [0.05, 0.1) is 12.2 Å². The van der Waals surface area contributed by atoms with Crippen LogP contribution in [0, 0.1) is 5.82 Å². The van der Waals surface area contributed by atoms with Crippen molar-refractivity contribution in [3.05, 3.63) is 46.1 Å².